The molecule has 1 aromatic carbocycles. The number of aldehydes is 1. The second-order valence-corrected chi connectivity index (χ2v) is 4.52. The summed E-state index contributed by atoms with van der Waals surface area (Å²) in [7, 11) is 0. The van der Waals surface area contributed by atoms with Gasteiger partial charge in [0, 0.05) is 29.9 Å². The van der Waals surface area contributed by atoms with Gasteiger partial charge in [-0.1, -0.05) is 12.1 Å². The monoisotopic (exact) mass is 261 g/mol. The fourth-order valence-electron chi connectivity index (χ4n) is 2.30. The first-order valence-electron chi connectivity index (χ1n) is 6.20. The van der Waals surface area contributed by atoms with E-state index in [9.17, 15) is 4.79 Å². The predicted octanol–water partition coefficient (Wildman–Crippen LogP) is 2.77. The van der Waals surface area contributed by atoms with E-state index in [-0.39, 0.29) is 0 Å². The number of carbonyl (C=O) groups is 1. The number of pyridine rings is 1. The molecule has 0 atom stereocenters. The molecule has 0 aliphatic rings. The summed E-state index contributed by atoms with van der Waals surface area (Å²) >= 11 is 0. The number of hydrogen-bond donors (Lipinski definition) is 0. The maximum atomic E-state index is 11.1. The van der Waals surface area contributed by atoms with Crippen LogP contribution in [0.3, 0.4) is 0 Å². The molecule has 3 aromatic rings. The molecule has 0 spiro atoms. The van der Waals surface area contributed by atoms with Gasteiger partial charge in [0.15, 0.2) is 6.29 Å². The molecule has 20 heavy (non-hydrogen) atoms. The van der Waals surface area contributed by atoms with Gasteiger partial charge >= 0.3 is 0 Å². The minimum absolute atomic E-state index is 0.580. The lowest BCUT2D eigenvalue weighted by molar-refractivity contribution is 0.112. The number of aromatic nitrogens is 2. The Balaban J connectivity index is 2.06. The fraction of sp³-hybridized carbons (Fsp3) is 0.0625. The largest absolute Gasteiger partial charge is 0.327 e. The Morgan fingerprint density at radius 3 is 3.00 bits per heavy atom. The summed E-state index contributed by atoms with van der Waals surface area (Å²) in [4.78, 5) is 15.4. The average Bonchev–Trinajstić information content (AvgIpc) is 2.86. The summed E-state index contributed by atoms with van der Waals surface area (Å²) in [5.41, 5.74) is 3.04. The molecular weight excluding hydrogens is 250 g/mol. The van der Waals surface area contributed by atoms with Crippen LogP contribution in [-0.2, 0) is 6.54 Å². The normalized spacial score (nSPS) is 10.3. The van der Waals surface area contributed by atoms with E-state index in [0.29, 0.717) is 17.7 Å². The van der Waals surface area contributed by atoms with E-state index in [1.165, 1.54) is 0 Å². The molecule has 2 aromatic heterocycles. The van der Waals surface area contributed by atoms with Crippen molar-refractivity contribution >= 4 is 17.3 Å². The van der Waals surface area contributed by atoms with Crippen LogP contribution in [-0.4, -0.2) is 15.8 Å². The number of rotatable bonds is 3. The number of carbonyl (C=O) groups excluding carboxylic acids is 1. The third kappa shape index (κ3) is 2.06. The molecule has 2 heterocycles. The number of fused-ring (bicyclic) bond motifs is 1. The first kappa shape index (κ1) is 12.1. The second kappa shape index (κ2) is 4.98. The number of benzene rings is 1. The molecule has 0 radical (unpaired) electrons. The molecule has 0 bridgehead atoms. The number of hydrogen-bond acceptors (Lipinski definition) is 3. The predicted molar refractivity (Wildman–Crippen MR) is 75.4 cm³/mol. The highest BCUT2D eigenvalue weighted by Gasteiger charge is 2.08. The molecule has 0 saturated heterocycles. The third-order valence-corrected chi connectivity index (χ3v) is 3.20. The van der Waals surface area contributed by atoms with Gasteiger partial charge in [0.25, 0.3) is 0 Å². The maximum Gasteiger partial charge on any atom is 0.152 e. The molecule has 0 N–H and O–H groups in total. The van der Waals surface area contributed by atoms with Crippen molar-refractivity contribution in [1.82, 2.24) is 9.55 Å². The van der Waals surface area contributed by atoms with Crippen molar-refractivity contribution in [3.05, 3.63) is 65.5 Å². The van der Waals surface area contributed by atoms with Crippen molar-refractivity contribution in [3.63, 3.8) is 0 Å². The van der Waals surface area contributed by atoms with Gasteiger partial charge in [0.1, 0.15) is 5.65 Å². The molecule has 96 valence electrons. The van der Waals surface area contributed by atoms with Gasteiger partial charge < -0.3 is 4.57 Å². The van der Waals surface area contributed by atoms with E-state index in [1.807, 2.05) is 34.9 Å². The van der Waals surface area contributed by atoms with Gasteiger partial charge in [-0.05, 0) is 29.8 Å². The second-order valence-electron chi connectivity index (χ2n) is 4.52. The zero-order valence-corrected chi connectivity index (χ0v) is 10.7. The van der Waals surface area contributed by atoms with Crippen LogP contribution in [0.5, 0.6) is 0 Å². The maximum absolute atomic E-state index is 11.1. The minimum Gasteiger partial charge on any atom is -0.327 e. The molecular formula is C16H11N3O. The summed E-state index contributed by atoms with van der Waals surface area (Å²) < 4.78 is 1.93. The lowest BCUT2D eigenvalue weighted by Crippen LogP contribution is -1.99. The van der Waals surface area contributed by atoms with Crippen LogP contribution < -0.4 is 0 Å². The Morgan fingerprint density at radius 1 is 1.30 bits per heavy atom. The summed E-state index contributed by atoms with van der Waals surface area (Å²) in [5, 5.41) is 9.77. The van der Waals surface area contributed by atoms with E-state index in [2.05, 4.69) is 11.1 Å². The van der Waals surface area contributed by atoms with Crippen LogP contribution in [0.4, 0.5) is 0 Å². The van der Waals surface area contributed by atoms with Gasteiger partial charge in [-0.15, -0.1) is 0 Å². The first-order valence-corrected chi connectivity index (χ1v) is 6.20. The highest BCUT2D eigenvalue weighted by Crippen LogP contribution is 2.19. The molecule has 3 rings (SSSR count). The molecule has 0 aliphatic heterocycles. The van der Waals surface area contributed by atoms with Crippen LogP contribution in [0.25, 0.3) is 11.0 Å². The van der Waals surface area contributed by atoms with Crippen molar-refractivity contribution in [2.24, 2.45) is 0 Å². The van der Waals surface area contributed by atoms with E-state index >= 15 is 0 Å². The lowest BCUT2D eigenvalue weighted by Gasteiger charge is -2.05. The fourth-order valence-corrected chi connectivity index (χ4v) is 2.30. The highest BCUT2D eigenvalue weighted by atomic mass is 16.1. The van der Waals surface area contributed by atoms with Crippen molar-refractivity contribution < 1.29 is 4.79 Å². The highest BCUT2D eigenvalue weighted by molar-refractivity contribution is 5.95. The molecule has 0 saturated carbocycles. The summed E-state index contributed by atoms with van der Waals surface area (Å²) in [6, 6.07) is 13.2. The lowest BCUT2D eigenvalue weighted by atomic mass is 10.1. The standard InChI is InChI=1S/C16H11N3O/c17-8-12-3-1-4-13(7-12)9-19-10-14(11-20)15-5-2-6-18-16(15)19/h1-7,10-11H,9H2. The Morgan fingerprint density at radius 2 is 2.20 bits per heavy atom. The zero-order valence-electron chi connectivity index (χ0n) is 10.7. The molecule has 0 fully saturated rings. The topological polar surface area (TPSA) is 58.7 Å². The first-order chi connectivity index (χ1) is 9.81. The van der Waals surface area contributed by atoms with E-state index in [4.69, 9.17) is 5.26 Å². The van der Waals surface area contributed by atoms with Crippen LogP contribution in [0, 0.1) is 11.3 Å². The quantitative estimate of drug-likeness (QED) is 0.681. The summed E-state index contributed by atoms with van der Waals surface area (Å²) in [5.74, 6) is 0. The van der Waals surface area contributed by atoms with Gasteiger partial charge in [0.05, 0.1) is 11.6 Å². The van der Waals surface area contributed by atoms with E-state index in [0.717, 1.165) is 22.9 Å². The van der Waals surface area contributed by atoms with Gasteiger partial charge in [0.2, 0.25) is 0 Å². The SMILES string of the molecule is N#Cc1cccc(Cn2cc(C=O)c3cccnc32)c1. The van der Waals surface area contributed by atoms with Crippen LogP contribution in [0.2, 0.25) is 0 Å². The van der Waals surface area contributed by atoms with Crippen molar-refractivity contribution in [1.29, 1.82) is 5.26 Å². The van der Waals surface area contributed by atoms with Crippen molar-refractivity contribution in [2.45, 2.75) is 6.54 Å². The molecule has 4 nitrogen and oxygen atoms in total. The average molecular weight is 261 g/mol. The Hall–Kier alpha value is -2.93. The zero-order chi connectivity index (χ0) is 13.9. The van der Waals surface area contributed by atoms with Crippen LogP contribution in [0.1, 0.15) is 21.5 Å². The van der Waals surface area contributed by atoms with Crippen molar-refractivity contribution in [2.75, 3.05) is 0 Å². The molecule has 0 unspecified atom stereocenters. The Labute approximate surface area is 115 Å². The molecule has 4 heteroatoms. The van der Waals surface area contributed by atoms with Gasteiger partial charge in [-0.25, -0.2) is 4.98 Å². The third-order valence-electron chi connectivity index (χ3n) is 3.20. The number of nitrogens with zero attached hydrogens (tertiary/aromatic N) is 3. The van der Waals surface area contributed by atoms with Gasteiger partial charge in [-0.2, -0.15) is 5.26 Å². The van der Waals surface area contributed by atoms with E-state index in [1.54, 1.807) is 18.5 Å². The Kier molecular flexibility index (Phi) is 3.02. The molecule has 0 amide bonds. The number of nitriles is 1. The van der Waals surface area contributed by atoms with Gasteiger partial charge in [-0.3, -0.25) is 4.79 Å². The van der Waals surface area contributed by atoms with Crippen molar-refractivity contribution in [3.8, 4) is 6.07 Å². The summed E-state index contributed by atoms with van der Waals surface area (Å²) in [6.07, 6.45) is 4.34. The van der Waals surface area contributed by atoms with Crippen LogP contribution in [0.15, 0.2) is 48.8 Å². The smallest absolute Gasteiger partial charge is 0.152 e. The minimum atomic E-state index is 0.580. The Bertz CT molecular complexity index is 827. The molecule has 0 aliphatic carbocycles. The van der Waals surface area contributed by atoms with E-state index < -0.39 is 0 Å². The summed E-state index contributed by atoms with van der Waals surface area (Å²) in [6.45, 7) is 0.580. The van der Waals surface area contributed by atoms with Crippen LogP contribution >= 0.6 is 0 Å².